The second-order valence-electron chi connectivity index (χ2n) is 4.67. The van der Waals surface area contributed by atoms with Gasteiger partial charge in [0.15, 0.2) is 11.5 Å². The lowest BCUT2D eigenvalue weighted by Gasteiger charge is -2.10. The number of halogens is 1. The van der Waals surface area contributed by atoms with Crippen LogP contribution in [-0.2, 0) is 6.61 Å². The number of nitrogens with zero attached hydrogens (tertiary/aromatic N) is 4. The highest BCUT2D eigenvalue weighted by Crippen LogP contribution is 2.27. The van der Waals surface area contributed by atoms with E-state index in [0.29, 0.717) is 11.4 Å². The van der Waals surface area contributed by atoms with Crippen molar-refractivity contribution in [3.05, 3.63) is 66.3 Å². The average Bonchev–Trinajstić information content (AvgIpc) is 2.61. The molecule has 2 aromatic heterocycles. The van der Waals surface area contributed by atoms with Gasteiger partial charge in [-0.15, -0.1) is 0 Å². The van der Waals surface area contributed by atoms with Crippen LogP contribution in [0.5, 0.6) is 5.88 Å². The fourth-order valence-corrected chi connectivity index (χ4v) is 1.92. The van der Waals surface area contributed by atoms with Gasteiger partial charge in [-0.3, -0.25) is 0 Å². The Labute approximate surface area is 135 Å². The van der Waals surface area contributed by atoms with Gasteiger partial charge in [-0.2, -0.15) is 0 Å². The Morgan fingerprint density at radius 2 is 1.83 bits per heavy atom. The second-order valence-corrected chi connectivity index (χ2v) is 4.67. The molecule has 0 saturated carbocycles. The number of carbonyl (C=O) groups is 1. The first-order chi connectivity index (χ1) is 11.6. The minimum absolute atomic E-state index is 0.0378. The molecule has 0 saturated heterocycles. The minimum atomic E-state index is -1.22. The van der Waals surface area contributed by atoms with Crippen LogP contribution in [0.4, 0.5) is 4.39 Å². The van der Waals surface area contributed by atoms with Crippen molar-refractivity contribution < 1.29 is 19.0 Å². The van der Waals surface area contributed by atoms with Gasteiger partial charge < -0.3 is 9.84 Å². The number of carboxylic acid groups (broad SMARTS) is 1. The van der Waals surface area contributed by atoms with E-state index >= 15 is 0 Å². The summed E-state index contributed by atoms with van der Waals surface area (Å²) < 4.78 is 18.7. The highest BCUT2D eigenvalue weighted by atomic mass is 19.1. The maximum absolute atomic E-state index is 13.1. The summed E-state index contributed by atoms with van der Waals surface area (Å²) in [5.74, 6) is -1.09. The molecule has 0 bridgehead atoms. The van der Waals surface area contributed by atoms with E-state index < -0.39 is 11.8 Å². The van der Waals surface area contributed by atoms with E-state index in [1.54, 1.807) is 18.5 Å². The second kappa shape index (κ2) is 6.78. The normalized spacial score (nSPS) is 10.4. The molecule has 2 heterocycles. The van der Waals surface area contributed by atoms with Crippen molar-refractivity contribution in [3.63, 3.8) is 0 Å². The summed E-state index contributed by atoms with van der Waals surface area (Å²) in [7, 11) is 0. The molecule has 0 aliphatic rings. The molecule has 7 nitrogen and oxygen atoms in total. The molecular formula is C16H11FN4O3. The summed E-state index contributed by atoms with van der Waals surface area (Å²) in [5.41, 5.74) is 0.444. The van der Waals surface area contributed by atoms with Crippen molar-refractivity contribution in [2.45, 2.75) is 6.61 Å². The lowest BCUT2D eigenvalue weighted by molar-refractivity contribution is 0.0690. The van der Waals surface area contributed by atoms with Crippen LogP contribution in [0.1, 0.15) is 16.3 Å². The lowest BCUT2D eigenvalue weighted by Crippen LogP contribution is -2.07. The number of rotatable bonds is 5. The Morgan fingerprint density at radius 3 is 2.50 bits per heavy atom. The molecule has 0 fully saturated rings. The number of hydrogen-bond donors (Lipinski definition) is 1. The predicted octanol–water partition coefficient (Wildman–Crippen LogP) is 2.35. The molecule has 24 heavy (non-hydrogen) atoms. The minimum Gasteiger partial charge on any atom is -0.476 e. The van der Waals surface area contributed by atoms with E-state index in [-0.39, 0.29) is 23.9 Å². The first-order valence-electron chi connectivity index (χ1n) is 6.88. The Balaban J connectivity index is 1.95. The molecule has 8 heteroatoms. The fraction of sp³-hybridized carbons (Fsp3) is 0.0625. The van der Waals surface area contributed by atoms with Crippen molar-refractivity contribution in [1.29, 1.82) is 0 Å². The molecular weight excluding hydrogens is 315 g/mol. The molecule has 0 radical (unpaired) electrons. The van der Waals surface area contributed by atoms with E-state index in [1.807, 2.05) is 0 Å². The molecule has 0 aliphatic carbocycles. The molecule has 1 aromatic carbocycles. The van der Waals surface area contributed by atoms with E-state index in [0.717, 1.165) is 6.20 Å². The third-order valence-electron chi connectivity index (χ3n) is 3.03. The Bertz CT molecular complexity index is 857. The summed E-state index contributed by atoms with van der Waals surface area (Å²) in [6, 6.07) is 7.10. The third-order valence-corrected chi connectivity index (χ3v) is 3.03. The first-order valence-corrected chi connectivity index (χ1v) is 6.88. The lowest BCUT2D eigenvalue weighted by atomic mass is 10.1. The molecule has 1 N–H and O–H groups in total. The van der Waals surface area contributed by atoms with Gasteiger partial charge in [-0.1, -0.05) is 0 Å². The van der Waals surface area contributed by atoms with Gasteiger partial charge in [0.1, 0.15) is 18.1 Å². The maximum atomic E-state index is 13.1. The number of aromatic nitrogens is 4. The Hall–Kier alpha value is -3.42. The first kappa shape index (κ1) is 15.5. The molecule has 3 rings (SSSR count). The molecule has 0 atom stereocenters. The van der Waals surface area contributed by atoms with E-state index in [4.69, 9.17) is 9.84 Å². The van der Waals surface area contributed by atoms with Crippen LogP contribution in [0.3, 0.4) is 0 Å². The van der Waals surface area contributed by atoms with Crippen LogP contribution < -0.4 is 4.74 Å². The highest BCUT2D eigenvalue weighted by molar-refractivity contribution is 5.86. The monoisotopic (exact) mass is 326 g/mol. The Kier molecular flexibility index (Phi) is 4.37. The topological polar surface area (TPSA) is 98.1 Å². The predicted molar refractivity (Wildman–Crippen MR) is 80.7 cm³/mol. The SMILES string of the molecule is O=C(O)c1cnc(OCc2ncccn2)c(-c2ccc(F)cc2)n1. The molecule has 120 valence electrons. The van der Waals surface area contributed by atoms with E-state index in [9.17, 15) is 9.18 Å². The summed E-state index contributed by atoms with van der Waals surface area (Å²) in [4.78, 5) is 27.2. The van der Waals surface area contributed by atoms with Gasteiger partial charge in [0.2, 0.25) is 5.88 Å². The summed E-state index contributed by atoms with van der Waals surface area (Å²) in [6.45, 7) is 0.0378. The van der Waals surface area contributed by atoms with E-state index in [2.05, 4.69) is 19.9 Å². The number of ether oxygens (including phenoxy) is 1. The van der Waals surface area contributed by atoms with Gasteiger partial charge in [0.05, 0.1) is 6.20 Å². The summed E-state index contributed by atoms with van der Waals surface area (Å²) in [5, 5.41) is 9.08. The highest BCUT2D eigenvalue weighted by Gasteiger charge is 2.15. The van der Waals surface area contributed by atoms with Gasteiger partial charge in [0.25, 0.3) is 0 Å². The van der Waals surface area contributed by atoms with Crippen molar-refractivity contribution in [1.82, 2.24) is 19.9 Å². The smallest absolute Gasteiger partial charge is 0.356 e. The number of aromatic carboxylic acids is 1. The molecule has 3 aromatic rings. The molecule has 0 aliphatic heterocycles. The summed E-state index contributed by atoms with van der Waals surface area (Å²) >= 11 is 0. The fourth-order valence-electron chi connectivity index (χ4n) is 1.92. The van der Waals surface area contributed by atoms with Gasteiger partial charge in [-0.25, -0.2) is 29.1 Å². The molecule has 0 spiro atoms. The van der Waals surface area contributed by atoms with Gasteiger partial charge in [0, 0.05) is 18.0 Å². The quantitative estimate of drug-likeness (QED) is 0.768. The van der Waals surface area contributed by atoms with Crippen LogP contribution in [0.15, 0.2) is 48.9 Å². The standard InChI is InChI=1S/C16H11FN4O3/c17-11-4-2-10(3-5-11)14-15(20-8-12(21-14)16(22)23)24-9-13-18-6-1-7-19-13/h1-8H,9H2,(H,22,23). The van der Waals surface area contributed by atoms with Gasteiger partial charge >= 0.3 is 5.97 Å². The van der Waals surface area contributed by atoms with Crippen molar-refractivity contribution in [2.24, 2.45) is 0 Å². The summed E-state index contributed by atoms with van der Waals surface area (Å²) in [6.07, 6.45) is 4.24. The van der Waals surface area contributed by atoms with Crippen molar-refractivity contribution in [2.75, 3.05) is 0 Å². The van der Waals surface area contributed by atoms with Crippen LogP contribution >= 0.6 is 0 Å². The van der Waals surface area contributed by atoms with Crippen LogP contribution in [0.2, 0.25) is 0 Å². The van der Waals surface area contributed by atoms with Crippen LogP contribution in [0.25, 0.3) is 11.3 Å². The average molecular weight is 326 g/mol. The number of hydrogen-bond acceptors (Lipinski definition) is 6. The Morgan fingerprint density at radius 1 is 1.12 bits per heavy atom. The number of benzene rings is 1. The maximum Gasteiger partial charge on any atom is 0.356 e. The zero-order chi connectivity index (χ0) is 16.9. The van der Waals surface area contributed by atoms with Crippen LogP contribution in [-0.4, -0.2) is 31.0 Å². The van der Waals surface area contributed by atoms with Crippen molar-refractivity contribution >= 4 is 5.97 Å². The largest absolute Gasteiger partial charge is 0.476 e. The van der Waals surface area contributed by atoms with E-state index in [1.165, 1.54) is 24.3 Å². The molecule has 0 unspecified atom stereocenters. The molecule has 0 amide bonds. The van der Waals surface area contributed by atoms with Gasteiger partial charge in [-0.05, 0) is 30.3 Å². The zero-order valence-corrected chi connectivity index (χ0v) is 12.3. The third kappa shape index (κ3) is 3.49. The number of carboxylic acids is 1. The van der Waals surface area contributed by atoms with Crippen molar-refractivity contribution in [3.8, 4) is 17.1 Å². The zero-order valence-electron chi connectivity index (χ0n) is 12.3. The van der Waals surface area contributed by atoms with Crippen LogP contribution in [0, 0.1) is 5.82 Å².